The summed E-state index contributed by atoms with van der Waals surface area (Å²) in [6.45, 7) is 10.6. The minimum absolute atomic E-state index is 0.0116. The Bertz CT molecular complexity index is 1500. The monoisotopic (exact) mass is 662 g/mol. The molecule has 0 aromatic heterocycles. The Hall–Kier alpha value is -2.71. The van der Waals surface area contributed by atoms with Gasteiger partial charge in [-0.2, -0.15) is 0 Å². The van der Waals surface area contributed by atoms with E-state index in [0.29, 0.717) is 35.8 Å². The van der Waals surface area contributed by atoms with Gasteiger partial charge in [-0.3, -0.25) is 4.79 Å². The van der Waals surface area contributed by atoms with E-state index in [9.17, 15) is 14.4 Å². The molecule has 2 aromatic rings. The quantitative estimate of drug-likeness (QED) is 0.120. The molecule has 4 fully saturated rings. The van der Waals surface area contributed by atoms with Crippen molar-refractivity contribution in [2.45, 2.75) is 87.7 Å². The SMILES string of the molecule is C=C1C[C@]23C[C@H]1CC[C@H]2[C@]1(C)CC[C@@H](OC(=O)c2ccc(SC)cc2)[C@](C)(COC(C)=O)C1C[C@@H]3OC(=O)c1ccc(SC)cc1. The van der Waals surface area contributed by atoms with Gasteiger partial charge < -0.3 is 14.2 Å². The first kappa shape index (κ1) is 33.2. The van der Waals surface area contributed by atoms with Crippen LogP contribution in [0.5, 0.6) is 0 Å². The summed E-state index contributed by atoms with van der Waals surface area (Å²) in [5, 5.41) is 0. The number of ether oxygens (including phenoxy) is 3. The van der Waals surface area contributed by atoms with Gasteiger partial charge in [-0.25, -0.2) is 9.59 Å². The molecule has 1 spiro atoms. The molecule has 0 N–H and O–H groups in total. The number of benzene rings is 2. The Labute approximate surface area is 281 Å². The van der Waals surface area contributed by atoms with Crippen LogP contribution in [0, 0.1) is 34.0 Å². The van der Waals surface area contributed by atoms with Gasteiger partial charge in [0.1, 0.15) is 18.8 Å². The van der Waals surface area contributed by atoms with Gasteiger partial charge in [-0.15, -0.1) is 23.5 Å². The van der Waals surface area contributed by atoms with E-state index in [1.165, 1.54) is 12.5 Å². The summed E-state index contributed by atoms with van der Waals surface area (Å²) in [5.41, 5.74) is 1.38. The van der Waals surface area contributed by atoms with Crippen LogP contribution in [0.3, 0.4) is 0 Å². The zero-order valence-corrected chi connectivity index (χ0v) is 29.3. The number of fused-ring (bicyclic) bond motifs is 3. The number of hydrogen-bond acceptors (Lipinski definition) is 8. The van der Waals surface area contributed by atoms with Crippen molar-refractivity contribution in [2.24, 2.45) is 34.0 Å². The minimum Gasteiger partial charge on any atom is -0.465 e. The second-order valence-corrected chi connectivity index (χ2v) is 16.2. The topological polar surface area (TPSA) is 78.9 Å². The van der Waals surface area contributed by atoms with E-state index in [0.717, 1.165) is 41.9 Å². The molecule has 4 aliphatic rings. The van der Waals surface area contributed by atoms with Crippen LogP contribution in [-0.2, 0) is 19.0 Å². The second kappa shape index (κ2) is 12.7. The molecule has 0 saturated heterocycles. The Balaban J connectivity index is 1.36. The van der Waals surface area contributed by atoms with Crippen molar-refractivity contribution in [2.75, 3.05) is 19.1 Å². The minimum atomic E-state index is -0.674. The first-order valence-electron chi connectivity index (χ1n) is 16.4. The summed E-state index contributed by atoms with van der Waals surface area (Å²) in [6, 6.07) is 15.1. The molecule has 6 nitrogen and oxygen atoms in total. The van der Waals surface area contributed by atoms with Gasteiger partial charge in [-0.05, 0) is 129 Å². The first-order valence-corrected chi connectivity index (χ1v) is 18.9. The summed E-state index contributed by atoms with van der Waals surface area (Å²) >= 11 is 3.26. The van der Waals surface area contributed by atoms with Crippen LogP contribution < -0.4 is 0 Å². The van der Waals surface area contributed by atoms with Crippen molar-refractivity contribution >= 4 is 41.4 Å². The molecule has 4 aliphatic carbocycles. The highest BCUT2D eigenvalue weighted by Crippen LogP contribution is 2.73. The molecule has 1 unspecified atom stereocenters. The van der Waals surface area contributed by atoms with Crippen molar-refractivity contribution in [3.8, 4) is 0 Å². The fourth-order valence-corrected chi connectivity index (χ4v) is 10.7. The Morgan fingerprint density at radius 3 is 1.93 bits per heavy atom. The number of carbonyl (C=O) groups excluding carboxylic acids is 3. The van der Waals surface area contributed by atoms with Gasteiger partial charge in [-0.1, -0.05) is 26.0 Å². The highest BCUT2D eigenvalue weighted by Gasteiger charge is 2.70. The third-order valence-electron chi connectivity index (χ3n) is 12.2. The lowest BCUT2D eigenvalue weighted by molar-refractivity contribution is -0.232. The molecular weight excluding hydrogens is 617 g/mol. The third kappa shape index (κ3) is 5.72. The number of hydrogen-bond donors (Lipinski definition) is 0. The number of thioether (sulfide) groups is 2. The van der Waals surface area contributed by atoms with Crippen LogP contribution in [0.4, 0.5) is 0 Å². The van der Waals surface area contributed by atoms with E-state index >= 15 is 0 Å². The molecule has 0 radical (unpaired) electrons. The lowest BCUT2D eigenvalue weighted by atomic mass is 9.40. The van der Waals surface area contributed by atoms with Crippen molar-refractivity contribution in [3.05, 3.63) is 71.8 Å². The van der Waals surface area contributed by atoms with E-state index in [1.54, 1.807) is 23.5 Å². The summed E-state index contributed by atoms with van der Waals surface area (Å²) in [6.07, 6.45) is 9.43. The van der Waals surface area contributed by atoms with Crippen LogP contribution in [0.15, 0.2) is 70.5 Å². The third-order valence-corrected chi connectivity index (χ3v) is 13.6. The van der Waals surface area contributed by atoms with Crippen LogP contribution in [0.25, 0.3) is 0 Å². The van der Waals surface area contributed by atoms with Crippen molar-refractivity contribution < 1.29 is 28.6 Å². The molecule has 0 amide bonds. The zero-order chi connectivity index (χ0) is 32.9. The number of rotatable bonds is 8. The highest BCUT2D eigenvalue weighted by atomic mass is 32.2. The van der Waals surface area contributed by atoms with E-state index < -0.39 is 11.5 Å². The van der Waals surface area contributed by atoms with Crippen LogP contribution >= 0.6 is 23.5 Å². The number of allylic oxidation sites excluding steroid dienone is 1. The molecule has 8 heteroatoms. The van der Waals surface area contributed by atoms with Crippen LogP contribution in [-0.4, -0.2) is 49.2 Å². The molecule has 0 aliphatic heterocycles. The maximum Gasteiger partial charge on any atom is 0.338 e. The summed E-state index contributed by atoms with van der Waals surface area (Å²) < 4.78 is 18.7. The van der Waals surface area contributed by atoms with E-state index in [1.807, 2.05) is 61.0 Å². The molecule has 246 valence electrons. The number of carbonyl (C=O) groups is 3. The van der Waals surface area contributed by atoms with Gasteiger partial charge in [0.25, 0.3) is 0 Å². The fourth-order valence-electron chi connectivity index (χ4n) is 9.91. The molecular formula is C38H46O6S2. The zero-order valence-electron chi connectivity index (χ0n) is 27.6. The van der Waals surface area contributed by atoms with E-state index in [2.05, 4.69) is 20.4 Å². The van der Waals surface area contributed by atoms with Gasteiger partial charge >= 0.3 is 17.9 Å². The molecule has 0 heterocycles. The Morgan fingerprint density at radius 2 is 1.39 bits per heavy atom. The largest absolute Gasteiger partial charge is 0.465 e. The van der Waals surface area contributed by atoms with Gasteiger partial charge in [0, 0.05) is 27.5 Å². The Morgan fingerprint density at radius 1 is 0.826 bits per heavy atom. The standard InChI is InChI=1S/C38H46O6S2/c1-23-20-38-21-27(23)11-16-30(38)36(3)18-17-32(43-34(40)25-7-12-28(45-5)13-8-25)37(4,22-42-24(2)39)31(36)19-33(38)44-35(41)26-9-14-29(46-6)15-10-26/h7-10,12-15,27,30-33H,1,11,16-22H2,2-6H3/t27-,30+,31?,32-,33+,36+,37-,38+/m1/s1. The second-order valence-electron chi connectivity index (χ2n) is 14.5. The predicted octanol–water partition coefficient (Wildman–Crippen LogP) is 8.63. The lowest BCUT2D eigenvalue weighted by Crippen LogP contribution is -2.66. The Kier molecular flexibility index (Phi) is 9.18. The van der Waals surface area contributed by atoms with Crippen LogP contribution in [0.1, 0.15) is 86.4 Å². The molecule has 2 aromatic carbocycles. The summed E-state index contributed by atoms with van der Waals surface area (Å²) in [7, 11) is 0. The summed E-state index contributed by atoms with van der Waals surface area (Å²) in [4.78, 5) is 41.7. The van der Waals surface area contributed by atoms with E-state index in [4.69, 9.17) is 14.2 Å². The average molecular weight is 663 g/mol. The van der Waals surface area contributed by atoms with Crippen molar-refractivity contribution in [3.63, 3.8) is 0 Å². The predicted molar refractivity (Wildman–Crippen MR) is 182 cm³/mol. The van der Waals surface area contributed by atoms with Gasteiger partial charge in [0.2, 0.25) is 0 Å². The van der Waals surface area contributed by atoms with Crippen molar-refractivity contribution in [1.29, 1.82) is 0 Å². The van der Waals surface area contributed by atoms with E-state index in [-0.39, 0.29) is 47.4 Å². The molecule has 46 heavy (non-hydrogen) atoms. The molecule has 2 bridgehead atoms. The first-order chi connectivity index (χ1) is 21.9. The van der Waals surface area contributed by atoms with Crippen LogP contribution in [0.2, 0.25) is 0 Å². The fraction of sp³-hybridized carbons (Fsp3) is 0.553. The highest BCUT2D eigenvalue weighted by molar-refractivity contribution is 7.98. The van der Waals surface area contributed by atoms with Gasteiger partial charge in [0.05, 0.1) is 11.1 Å². The normalized spacial score (nSPS) is 34.6. The molecule has 8 atom stereocenters. The average Bonchev–Trinajstić information content (AvgIpc) is 3.30. The van der Waals surface area contributed by atoms with Gasteiger partial charge in [0.15, 0.2) is 0 Å². The maximum absolute atomic E-state index is 13.8. The van der Waals surface area contributed by atoms with Crippen molar-refractivity contribution in [1.82, 2.24) is 0 Å². The smallest absolute Gasteiger partial charge is 0.338 e. The molecule has 6 rings (SSSR count). The number of esters is 3. The molecule has 4 saturated carbocycles. The maximum atomic E-state index is 13.8. The lowest BCUT2D eigenvalue weighted by Gasteiger charge is -2.66. The summed E-state index contributed by atoms with van der Waals surface area (Å²) in [5.74, 6) is -0.278.